The maximum atomic E-state index is 10.7. The third-order valence-corrected chi connectivity index (χ3v) is 2.35. The predicted octanol–water partition coefficient (Wildman–Crippen LogP) is 1.88. The topological polar surface area (TPSA) is 37.3 Å². The molecule has 0 aliphatic carbocycles. The van der Waals surface area contributed by atoms with Gasteiger partial charge >= 0.3 is 0 Å². The SMILES string of the molecule is Cc1ccc(C)c(S(=O)O)c1.[U]. The van der Waals surface area contributed by atoms with E-state index in [4.69, 9.17) is 4.55 Å². The summed E-state index contributed by atoms with van der Waals surface area (Å²) in [6.07, 6.45) is 0. The van der Waals surface area contributed by atoms with E-state index in [0.717, 1.165) is 11.1 Å². The van der Waals surface area contributed by atoms with Gasteiger partial charge in [-0.2, -0.15) is 0 Å². The molecule has 0 aliphatic heterocycles. The first-order valence-corrected chi connectivity index (χ1v) is 4.40. The number of hydrogen-bond acceptors (Lipinski definition) is 1. The standard InChI is InChI=1S/C8H10O2S.U/c1-6-3-4-7(2)8(5-6)11(9)10;/h3-5H,1-2H3,(H,9,10);. The Morgan fingerprint density at radius 3 is 2.33 bits per heavy atom. The Kier molecular flexibility index (Phi) is 5.35. The van der Waals surface area contributed by atoms with Crippen molar-refractivity contribution in [1.29, 1.82) is 0 Å². The van der Waals surface area contributed by atoms with E-state index in [9.17, 15) is 4.21 Å². The van der Waals surface area contributed by atoms with Gasteiger partial charge in [0.25, 0.3) is 0 Å². The van der Waals surface area contributed by atoms with Crippen molar-refractivity contribution in [2.45, 2.75) is 18.7 Å². The van der Waals surface area contributed by atoms with E-state index in [1.54, 1.807) is 6.07 Å². The summed E-state index contributed by atoms with van der Waals surface area (Å²) < 4.78 is 19.5. The van der Waals surface area contributed by atoms with Gasteiger partial charge in [-0.05, 0) is 31.0 Å². The number of hydrogen-bond donors (Lipinski definition) is 1. The fraction of sp³-hybridized carbons (Fsp3) is 0.250. The Morgan fingerprint density at radius 2 is 1.92 bits per heavy atom. The molecule has 0 aromatic heterocycles. The van der Waals surface area contributed by atoms with Crippen LogP contribution in [-0.2, 0) is 11.1 Å². The molecule has 0 aliphatic rings. The van der Waals surface area contributed by atoms with E-state index in [-0.39, 0.29) is 31.1 Å². The van der Waals surface area contributed by atoms with E-state index in [1.165, 1.54) is 0 Å². The van der Waals surface area contributed by atoms with Crippen LogP contribution in [0, 0.1) is 45.0 Å². The zero-order chi connectivity index (χ0) is 8.43. The summed E-state index contributed by atoms with van der Waals surface area (Å²) in [5, 5.41) is 0. The predicted molar refractivity (Wildman–Crippen MR) is 45.0 cm³/mol. The Morgan fingerprint density at radius 1 is 1.33 bits per heavy atom. The van der Waals surface area contributed by atoms with Gasteiger partial charge in [-0.3, -0.25) is 0 Å². The van der Waals surface area contributed by atoms with Gasteiger partial charge in [0, 0.05) is 31.1 Å². The quantitative estimate of drug-likeness (QED) is 0.721. The summed E-state index contributed by atoms with van der Waals surface area (Å²) in [4.78, 5) is 0.505. The van der Waals surface area contributed by atoms with Gasteiger partial charge in [0.1, 0.15) is 0 Å². The zero-order valence-electron chi connectivity index (χ0n) is 7.00. The number of rotatable bonds is 1. The monoisotopic (exact) mass is 408 g/mol. The summed E-state index contributed by atoms with van der Waals surface area (Å²) >= 11 is -1.85. The van der Waals surface area contributed by atoms with Crippen molar-refractivity contribution in [2.75, 3.05) is 0 Å². The fourth-order valence-corrected chi connectivity index (χ4v) is 1.53. The molecule has 1 unspecified atom stereocenters. The van der Waals surface area contributed by atoms with E-state index in [1.807, 2.05) is 26.0 Å². The van der Waals surface area contributed by atoms with Gasteiger partial charge in [-0.25, -0.2) is 4.21 Å². The molecule has 1 rings (SSSR count). The van der Waals surface area contributed by atoms with Crippen LogP contribution in [0.1, 0.15) is 11.1 Å². The number of aryl methyl sites for hydroxylation is 2. The smallest absolute Gasteiger partial charge is 0.186 e. The van der Waals surface area contributed by atoms with Crippen molar-refractivity contribution in [3.63, 3.8) is 0 Å². The molecule has 0 radical (unpaired) electrons. The maximum Gasteiger partial charge on any atom is 0.186 e. The molecule has 1 atom stereocenters. The minimum absolute atomic E-state index is 0. The summed E-state index contributed by atoms with van der Waals surface area (Å²) in [5.74, 6) is 0. The van der Waals surface area contributed by atoms with Crippen molar-refractivity contribution in [1.82, 2.24) is 0 Å². The van der Waals surface area contributed by atoms with E-state index in [2.05, 4.69) is 0 Å². The Labute approximate surface area is 98.4 Å². The van der Waals surface area contributed by atoms with Crippen molar-refractivity contribution in [2.24, 2.45) is 0 Å². The molecule has 64 valence electrons. The molecule has 12 heavy (non-hydrogen) atoms. The summed E-state index contributed by atoms with van der Waals surface area (Å²) in [5.41, 5.74) is 1.87. The van der Waals surface area contributed by atoms with E-state index in [0.29, 0.717) is 4.90 Å². The van der Waals surface area contributed by atoms with Crippen LogP contribution in [0.25, 0.3) is 0 Å². The van der Waals surface area contributed by atoms with E-state index >= 15 is 0 Å². The van der Waals surface area contributed by atoms with Gasteiger partial charge < -0.3 is 4.55 Å². The normalized spacial score (nSPS) is 11.9. The van der Waals surface area contributed by atoms with Crippen LogP contribution in [0.4, 0.5) is 0 Å². The van der Waals surface area contributed by atoms with Gasteiger partial charge in [0.05, 0.1) is 4.90 Å². The van der Waals surface area contributed by atoms with Gasteiger partial charge in [0.2, 0.25) is 0 Å². The molecule has 0 heterocycles. The molecule has 1 aromatic rings. The molecule has 2 nitrogen and oxygen atoms in total. The zero-order valence-corrected chi connectivity index (χ0v) is 12.0. The Balaban J connectivity index is 0.00000121. The molecule has 0 fully saturated rings. The van der Waals surface area contributed by atoms with Crippen LogP contribution in [0.3, 0.4) is 0 Å². The molecule has 0 amide bonds. The van der Waals surface area contributed by atoms with Crippen molar-refractivity contribution >= 4 is 11.1 Å². The second-order valence-electron chi connectivity index (χ2n) is 2.52. The summed E-state index contributed by atoms with van der Waals surface area (Å²) in [7, 11) is 0. The second-order valence-corrected chi connectivity index (χ2v) is 3.46. The van der Waals surface area contributed by atoms with Crippen molar-refractivity contribution < 1.29 is 39.9 Å². The molecule has 0 saturated heterocycles. The van der Waals surface area contributed by atoms with Crippen molar-refractivity contribution in [3.8, 4) is 0 Å². The molecule has 4 heteroatoms. The van der Waals surface area contributed by atoms with Crippen LogP contribution in [0.5, 0.6) is 0 Å². The van der Waals surface area contributed by atoms with Crippen molar-refractivity contribution in [3.05, 3.63) is 29.3 Å². The molecular formula is C8H10O2SU. The van der Waals surface area contributed by atoms with E-state index < -0.39 is 11.1 Å². The fourth-order valence-electron chi connectivity index (χ4n) is 0.895. The molecule has 1 N–H and O–H groups in total. The molecule has 1 aromatic carbocycles. The Hall–Kier alpha value is 0.382. The van der Waals surface area contributed by atoms with Gasteiger partial charge in [-0.15, -0.1) is 0 Å². The first kappa shape index (κ1) is 12.4. The molecular weight excluding hydrogens is 398 g/mol. The van der Waals surface area contributed by atoms with Crippen LogP contribution in [0.15, 0.2) is 23.1 Å². The summed E-state index contributed by atoms with van der Waals surface area (Å²) in [6.45, 7) is 3.72. The largest absolute Gasteiger partial charge is 0.302 e. The third-order valence-electron chi connectivity index (χ3n) is 1.53. The number of benzene rings is 1. The minimum Gasteiger partial charge on any atom is -0.302 e. The molecule has 0 bridgehead atoms. The first-order chi connectivity index (χ1) is 5.11. The van der Waals surface area contributed by atoms with Crippen LogP contribution in [0.2, 0.25) is 0 Å². The van der Waals surface area contributed by atoms with Crippen LogP contribution in [-0.4, -0.2) is 8.76 Å². The minimum atomic E-state index is -1.85. The second kappa shape index (κ2) is 5.19. The van der Waals surface area contributed by atoms with Crippen LogP contribution < -0.4 is 0 Å². The maximum absolute atomic E-state index is 10.7. The van der Waals surface area contributed by atoms with Crippen LogP contribution >= 0.6 is 0 Å². The third kappa shape index (κ3) is 3.02. The average molecular weight is 408 g/mol. The molecule has 0 saturated carbocycles. The van der Waals surface area contributed by atoms with Gasteiger partial charge in [-0.1, -0.05) is 12.1 Å². The van der Waals surface area contributed by atoms with Gasteiger partial charge in [0.15, 0.2) is 11.1 Å². The summed E-state index contributed by atoms with van der Waals surface area (Å²) in [6, 6.07) is 5.50. The first-order valence-electron chi connectivity index (χ1n) is 3.29. The Bertz CT molecular complexity index is 299. The molecule has 0 spiro atoms. The average Bonchev–Trinajstić information content (AvgIpc) is 1.94.